The number of carbonyl (C=O) groups is 2. The third-order valence-electron chi connectivity index (χ3n) is 6.45. The van der Waals surface area contributed by atoms with Gasteiger partial charge in [0.05, 0.1) is 9.85 Å². The minimum Gasteiger partial charge on any atom is -0.304 e. The van der Waals surface area contributed by atoms with Crippen molar-refractivity contribution in [3.63, 3.8) is 0 Å². The van der Waals surface area contributed by atoms with E-state index in [9.17, 15) is 29.8 Å². The highest BCUT2D eigenvalue weighted by Crippen LogP contribution is 2.33. The Bertz CT molecular complexity index is 1670. The van der Waals surface area contributed by atoms with Crippen LogP contribution in [-0.4, -0.2) is 45.7 Å². The van der Waals surface area contributed by atoms with Crippen molar-refractivity contribution in [1.82, 2.24) is 9.97 Å². The quantitative estimate of drug-likeness (QED) is 0.217. The summed E-state index contributed by atoms with van der Waals surface area (Å²) in [6, 6.07) is 17.1. The second kappa shape index (κ2) is 11.7. The fourth-order valence-corrected chi connectivity index (χ4v) is 4.27. The number of anilines is 2. The number of benzene rings is 2. The van der Waals surface area contributed by atoms with E-state index in [1.807, 2.05) is 6.92 Å². The molecule has 0 N–H and O–H groups in total. The van der Waals surface area contributed by atoms with Crippen molar-refractivity contribution in [2.75, 3.05) is 23.9 Å². The highest BCUT2D eigenvalue weighted by molar-refractivity contribution is 6.06. The van der Waals surface area contributed by atoms with E-state index in [4.69, 9.17) is 0 Å². The molecule has 0 bridgehead atoms. The van der Waals surface area contributed by atoms with Crippen LogP contribution >= 0.6 is 0 Å². The molecule has 0 fully saturated rings. The first-order valence-electron chi connectivity index (χ1n) is 12.4. The second-order valence-electron chi connectivity index (χ2n) is 9.45. The number of nitrogens with zero attached hydrogens (tertiary/aromatic N) is 6. The zero-order chi connectivity index (χ0) is 29.8. The van der Waals surface area contributed by atoms with Gasteiger partial charge in [-0.05, 0) is 67.3 Å². The number of rotatable bonds is 8. The van der Waals surface area contributed by atoms with Gasteiger partial charge in [-0.3, -0.25) is 34.8 Å². The zero-order valence-electron chi connectivity index (χ0n) is 22.8. The Balaban J connectivity index is 1.61. The van der Waals surface area contributed by atoms with Gasteiger partial charge in [0, 0.05) is 38.1 Å². The monoisotopic (exact) mass is 554 g/mol. The predicted octanol–water partition coefficient (Wildman–Crippen LogP) is 5.05. The normalized spacial score (nSPS) is 10.6. The number of hydrogen-bond donors (Lipinski definition) is 0. The number of carbonyl (C=O) groups excluding carboxylic acids is 2. The highest BCUT2D eigenvalue weighted by Gasteiger charge is 2.26. The van der Waals surface area contributed by atoms with E-state index in [0.29, 0.717) is 16.8 Å². The molecular formula is C29H26N6O6. The van der Waals surface area contributed by atoms with E-state index in [-0.39, 0.29) is 40.6 Å². The van der Waals surface area contributed by atoms with E-state index < -0.39 is 21.7 Å². The molecule has 0 radical (unpaired) electrons. The van der Waals surface area contributed by atoms with Gasteiger partial charge in [0.2, 0.25) is 0 Å². The van der Waals surface area contributed by atoms with Crippen LogP contribution in [0.5, 0.6) is 0 Å². The molecule has 0 aliphatic carbocycles. The first-order chi connectivity index (χ1) is 19.5. The fourth-order valence-electron chi connectivity index (χ4n) is 4.27. The van der Waals surface area contributed by atoms with Crippen molar-refractivity contribution < 1.29 is 19.4 Å². The minimum atomic E-state index is -0.587. The number of hydrogen-bond acceptors (Lipinski definition) is 8. The molecule has 4 aromatic rings. The number of nitro benzene ring substituents is 2. The molecule has 208 valence electrons. The SMILES string of the molecule is Cc1ccc(C(=O)N(C)c2ccc(Cc3ccc(N(C)C(=O)c4cccc(C)n4)c([N+](=O)[O-])c3)cc2[N+](=O)[O-])nc1. The van der Waals surface area contributed by atoms with Gasteiger partial charge in [-0.25, -0.2) is 4.98 Å². The van der Waals surface area contributed by atoms with Crippen molar-refractivity contribution in [2.24, 2.45) is 0 Å². The average Bonchev–Trinajstić information content (AvgIpc) is 2.96. The number of aromatic nitrogens is 2. The van der Waals surface area contributed by atoms with Gasteiger partial charge in [0.1, 0.15) is 22.8 Å². The lowest BCUT2D eigenvalue weighted by molar-refractivity contribution is -0.384. The summed E-state index contributed by atoms with van der Waals surface area (Å²) < 4.78 is 0. The molecule has 41 heavy (non-hydrogen) atoms. The Morgan fingerprint density at radius 1 is 0.756 bits per heavy atom. The van der Waals surface area contributed by atoms with Crippen LogP contribution in [0.15, 0.2) is 72.9 Å². The van der Waals surface area contributed by atoms with Crippen LogP contribution in [0.25, 0.3) is 0 Å². The van der Waals surface area contributed by atoms with E-state index >= 15 is 0 Å². The Labute approximate surface area is 235 Å². The topological polar surface area (TPSA) is 153 Å². The van der Waals surface area contributed by atoms with Crippen molar-refractivity contribution >= 4 is 34.6 Å². The largest absolute Gasteiger partial charge is 0.304 e. The maximum atomic E-state index is 12.9. The zero-order valence-corrected chi connectivity index (χ0v) is 22.8. The fraction of sp³-hybridized carbons (Fsp3) is 0.172. The number of aryl methyl sites for hydroxylation is 2. The summed E-state index contributed by atoms with van der Waals surface area (Å²) in [4.78, 5) is 59.1. The molecule has 0 aliphatic heterocycles. The van der Waals surface area contributed by atoms with Crippen LogP contribution in [0.2, 0.25) is 0 Å². The Kier molecular flexibility index (Phi) is 8.13. The molecule has 2 amide bonds. The smallest absolute Gasteiger partial charge is 0.293 e. The summed E-state index contributed by atoms with van der Waals surface area (Å²) in [5.74, 6) is -1.01. The molecule has 2 heterocycles. The Morgan fingerprint density at radius 3 is 1.76 bits per heavy atom. The van der Waals surface area contributed by atoms with Crippen molar-refractivity contribution in [3.8, 4) is 0 Å². The van der Waals surface area contributed by atoms with Crippen molar-refractivity contribution in [2.45, 2.75) is 20.3 Å². The molecule has 0 saturated heterocycles. The van der Waals surface area contributed by atoms with Crippen molar-refractivity contribution in [3.05, 3.63) is 127 Å². The molecule has 12 nitrogen and oxygen atoms in total. The van der Waals surface area contributed by atoms with Gasteiger partial charge in [-0.15, -0.1) is 0 Å². The van der Waals surface area contributed by atoms with Gasteiger partial charge in [0.25, 0.3) is 23.2 Å². The molecule has 0 saturated carbocycles. The summed E-state index contributed by atoms with van der Waals surface area (Å²) in [6.07, 6.45) is 1.67. The maximum absolute atomic E-state index is 12.9. The number of nitro groups is 2. The first-order valence-corrected chi connectivity index (χ1v) is 12.4. The predicted molar refractivity (Wildman–Crippen MR) is 152 cm³/mol. The van der Waals surface area contributed by atoms with Gasteiger partial charge in [-0.2, -0.15) is 0 Å². The highest BCUT2D eigenvalue weighted by atomic mass is 16.6. The third-order valence-corrected chi connectivity index (χ3v) is 6.45. The number of amides is 2. The van der Waals surface area contributed by atoms with Crippen LogP contribution in [0.4, 0.5) is 22.7 Å². The van der Waals surface area contributed by atoms with E-state index in [0.717, 1.165) is 10.5 Å². The average molecular weight is 555 g/mol. The molecule has 12 heteroatoms. The standard InChI is InChI=1S/C29H26N6O6/c1-18-8-11-22(30-17-18)28(36)32(3)24-12-9-20(15-26(24)34(38)39)14-21-10-13-25(27(16-21)35(40)41)33(4)29(37)23-7-5-6-19(2)31-23/h5-13,15-17H,14H2,1-4H3. The minimum absolute atomic E-state index is 0.0809. The Morgan fingerprint density at radius 2 is 1.29 bits per heavy atom. The molecule has 0 aliphatic rings. The summed E-state index contributed by atoms with van der Waals surface area (Å²) in [6.45, 7) is 3.57. The van der Waals surface area contributed by atoms with Crippen molar-refractivity contribution in [1.29, 1.82) is 0 Å². The second-order valence-corrected chi connectivity index (χ2v) is 9.45. The lowest BCUT2D eigenvalue weighted by Gasteiger charge is -2.18. The van der Waals surface area contributed by atoms with Gasteiger partial charge in [0.15, 0.2) is 0 Å². The van der Waals surface area contributed by atoms with Crippen LogP contribution in [-0.2, 0) is 6.42 Å². The molecule has 2 aromatic heterocycles. The van der Waals surface area contributed by atoms with Crippen LogP contribution in [0, 0.1) is 34.1 Å². The first kappa shape index (κ1) is 28.5. The molecule has 0 atom stereocenters. The lowest BCUT2D eigenvalue weighted by atomic mass is 10.0. The van der Waals surface area contributed by atoms with E-state index in [1.54, 1.807) is 43.3 Å². The van der Waals surface area contributed by atoms with Crippen LogP contribution in [0.3, 0.4) is 0 Å². The lowest BCUT2D eigenvalue weighted by Crippen LogP contribution is -2.28. The molecule has 4 rings (SSSR count). The van der Waals surface area contributed by atoms with Gasteiger partial charge < -0.3 is 9.80 Å². The number of pyridine rings is 2. The third kappa shape index (κ3) is 6.22. The summed E-state index contributed by atoms with van der Waals surface area (Å²) in [5, 5.41) is 23.8. The van der Waals surface area contributed by atoms with Crippen LogP contribution < -0.4 is 9.80 Å². The van der Waals surface area contributed by atoms with E-state index in [1.165, 1.54) is 55.5 Å². The summed E-state index contributed by atoms with van der Waals surface area (Å²) in [5.41, 5.74) is 2.38. The van der Waals surface area contributed by atoms with Crippen LogP contribution in [0.1, 0.15) is 43.4 Å². The Hall–Kier alpha value is -5.52. The summed E-state index contributed by atoms with van der Waals surface area (Å²) >= 11 is 0. The maximum Gasteiger partial charge on any atom is 0.293 e. The summed E-state index contributed by atoms with van der Waals surface area (Å²) in [7, 11) is 2.86. The molecule has 2 aromatic carbocycles. The molecular weight excluding hydrogens is 528 g/mol. The molecule has 0 unspecified atom stereocenters. The van der Waals surface area contributed by atoms with E-state index in [2.05, 4.69) is 9.97 Å². The van der Waals surface area contributed by atoms with Gasteiger partial charge >= 0.3 is 0 Å². The van der Waals surface area contributed by atoms with Gasteiger partial charge in [-0.1, -0.05) is 24.3 Å². The molecule has 0 spiro atoms.